The Morgan fingerprint density at radius 3 is 2.21 bits per heavy atom. The van der Waals surface area contributed by atoms with Crippen LogP contribution in [0.5, 0.6) is 0 Å². The predicted octanol–water partition coefficient (Wildman–Crippen LogP) is 0.721. The van der Waals surface area contributed by atoms with Crippen molar-refractivity contribution in [3.05, 3.63) is 0 Å². The smallest absolute Gasteiger partial charge is 0.308 e. The first kappa shape index (κ1) is 12.9. The SMILES string of the molecule is COC(COC(=O)C(C)C)OC(C)=O. The Bertz CT molecular complexity index is 199. The maximum absolute atomic E-state index is 11.0. The summed E-state index contributed by atoms with van der Waals surface area (Å²) < 4.78 is 14.3. The van der Waals surface area contributed by atoms with Crippen LogP contribution in [0.2, 0.25) is 0 Å². The fourth-order valence-corrected chi connectivity index (χ4v) is 0.652. The zero-order chi connectivity index (χ0) is 11.1. The van der Waals surface area contributed by atoms with Gasteiger partial charge in [-0.3, -0.25) is 9.59 Å². The summed E-state index contributed by atoms with van der Waals surface area (Å²) in [5, 5.41) is 0. The molecule has 0 spiro atoms. The van der Waals surface area contributed by atoms with Gasteiger partial charge in [-0.2, -0.15) is 0 Å². The number of carbonyl (C=O) groups is 2. The van der Waals surface area contributed by atoms with Crippen LogP contribution in [0.15, 0.2) is 0 Å². The van der Waals surface area contributed by atoms with E-state index in [1.54, 1.807) is 13.8 Å². The molecule has 1 atom stereocenters. The molecule has 14 heavy (non-hydrogen) atoms. The lowest BCUT2D eigenvalue weighted by Gasteiger charge is -2.15. The van der Waals surface area contributed by atoms with Crippen LogP contribution in [0.3, 0.4) is 0 Å². The van der Waals surface area contributed by atoms with Gasteiger partial charge in [-0.15, -0.1) is 0 Å². The van der Waals surface area contributed by atoms with Crippen molar-refractivity contribution in [2.45, 2.75) is 27.1 Å². The molecule has 0 aliphatic heterocycles. The lowest BCUT2D eigenvalue weighted by atomic mass is 10.2. The van der Waals surface area contributed by atoms with Crippen molar-refractivity contribution in [3.8, 4) is 0 Å². The van der Waals surface area contributed by atoms with E-state index in [0.717, 1.165) is 0 Å². The van der Waals surface area contributed by atoms with Crippen LogP contribution in [0.4, 0.5) is 0 Å². The van der Waals surface area contributed by atoms with E-state index in [-0.39, 0.29) is 18.5 Å². The van der Waals surface area contributed by atoms with E-state index in [0.29, 0.717) is 0 Å². The Labute approximate surface area is 83.3 Å². The molecule has 0 amide bonds. The van der Waals surface area contributed by atoms with Crippen molar-refractivity contribution in [1.29, 1.82) is 0 Å². The molecule has 5 heteroatoms. The molecule has 0 N–H and O–H groups in total. The number of methoxy groups -OCH3 is 1. The van der Waals surface area contributed by atoms with Crippen molar-refractivity contribution in [2.24, 2.45) is 5.92 Å². The van der Waals surface area contributed by atoms with Crippen molar-refractivity contribution < 1.29 is 23.8 Å². The van der Waals surface area contributed by atoms with E-state index < -0.39 is 12.3 Å². The van der Waals surface area contributed by atoms with E-state index >= 15 is 0 Å². The normalized spacial score (nSPS) is 12.4. The van der Waals surface area contributed by atoms with Crippen molar-refractivity contribution in [1.82, 2.24) is 0 Å². The molecule has 0 saturated heterocycles. The van der Waals surface area contributed by atoms with Gasteiger partial charge < -0.3 is 14.2 Å². The van der Waals surface area contributed by atoms with Crippen molar-refractivity contribution in [3.63, 3.8) is 0 Å². The summed E-state index contributed by atoms with van der Waals surface area (Å²) in [5.41, 5.74) is 0. The molecule has 0 aromatic carbocycles. The average molecular weight is 204 g/mol. The van der Waals surface area contributed by atoms with Gasteiger partial charge in [-0.25, -0.2) is 0 Å². The van der Waals surface area contributed by atoms with Gasteiger partial charge in [0.1, 0.15) is 0 Å². The first-order valence-electron chi connectivity index (χ1n) is 4.34. The molecule has 0 fully saturated rings. The average Bonchev–Trinajstić information content (AvgIpc) is 2.10. The molecule has 0 saturated carbocycles. The maximum Gasteiger partial charge on any atom is 0.308 e. The number of esters is 2. The van der Waals surface area contributed by atoms with Gasteiger partial charge in [-0.05, 0) is 0 Å². The van der Waals surface area contributed by atoms with E-state index in [1.807, 2.05) is 0 Å². The van der Waals surface area contributed by atoms with Gasteiger partial charge >= 0.3 is 11.9 Å². The molecule has 5 nitrogen and oxygen atoms in total. The highest BCUT2D eigenvalue weighted by Crippen LogP contribution is 2.00. The van der Waals surface area contributed by atoms with Crippen LogP contribution in [0, 0.1) is 5.92 Å². The largest absolute Gasteiger partial charge is 0.459 e. The number of hydrogen-bond acceptors (Lipinski definition) is 5. The Morgan fingerprint density at radius 2 is 1.86 bits per heavy atom. The zero-order valence-electron chi connectivity index (χ0n) is 8.90. The van der Waals surface area contributed by atoms with Gasteiger partial charge in [0.2, 0.25) is 6.29 Å². The molecule has 1 unspecified atom stereocenters. The third-order valence-electron chi connectivity index (χ3n) is 1.39. The molecular weight excluding hydrogens is 188 g/mol. The highest BCUT2D eigenvalue weighted by Gasteiger charge is 2.15. The summed E-state index contributed by atoms with van der Waals surface area (Å²) in [6.45, 7) is 4.62. The Balaban J connectivity index is 3.83. The zero-order valence-corrected chi connectivity index (χ0v) is 8.90. The molecule has 0 aliphatic carbocycles. The highest BCUT2D eigenvalue weighted by atomic mass is 16.7. The third-order valence-corrected chi connectivity index (χ3v) is 1.39. The molecule has 82 valence electrons. The molecule has 0 aromatic heterocycles. The summed E-state index contributed by atoms with van der Waals surface area (Å²) in [4.78, 5) is 21.6. The van der Waals surface area contributed by atoms with Gasteiger partial charge in [-0.1, -0.05) is 13.8 Å². The minimum atomic E-state index is -0.824. The van der Waals surface area contributed by atoms with Crippen LogP contribution in [-0.4, -0.2) is 31.9 Å². The molecule has 0 heterocycles. The first-order valence-corrected chi connectivity index (χ1v) is 4.34. The second-order valence-electron chi connectivity index (χ2n) is 3.06. The van der Waals surface area contributed by atoms with E-state index in [9.17, 15) is 9.59 Å². The Morgan fingerprint density at radius 1 is 1.29 bits per heavy atom. The van der Waals surface area contributed by atoms with Gasteiger partial charge in [0.25, 0.3) is 0 Å². The molecule has 0 rings (SSSR count). The third kappa shape index (κ3) is 5.53. The van der Waals surface area contributed by atoms with Gasteiger partial charge in [0.05, 0.1) is 5.92 Å². The summed E-state index contributed by atoms with van der Waals surface area (Å²) in [7, 11) is 1.37. The molecule has 0 radical (unpaired) electrons. The van der Waals surface area contributed by atoms with Crippen LogP contribution < -0.4 is 0 Å². The van der Waals surface area contributed by atoms with Crippen LogP contribution in [0.25, 0.3) is 0 Å². The number of hydrogen-bond donors (Lipinski definition) is 0. The number of rotatable bonds is 5. The van der Waals surface area contributed by atoms with E-state index in [2.05, 4.69) is 0 Å². The molecular formula is C9H16O5. The quantitative estimate of drug-likeness (QED) is 0.487. The lowest BCUT2D eigenvalue weighted by Crippen LogP contribution is -2.27. The topological polar surface area (TPSA) is 61.8 Å². The number of ether oxygens (including phenoxy) is 3. The minimum absolute atomic E-state index is 0.0763. The Hall–Kier alpha value is -1.10. The van der Waals surface area contributed by atoms with Gasteiger partial charge in [0.15, 0.2) is 6.61 Å². The fourth-order valence-electron chi connectivity index (χ4n) is 0.652. The van der Waals surface area contributed by atoms with E-state index in [1.165, 1.54) is 14.0 Å². The minimum Gasteiger partial charge on any atom is -0.459 e. The highest BCUT2D eigenvalue weighted by molar-refractivity contribution is 5.71. The van der Waals surface area contributed by atoms with Gasteiger partial charge in [0, 0.05) is 14.0 Å². The molecule has 0 bridgehead atoms. The van der Waals surface area contributed by atoms with Crippen molar-refractivity contribution >= 4 is 11.9 Å². The van der Waals surface area contributed by atoms with Crippen LogP contribution in [-0.2, 0) is 23.8 Å². The lowest BCUT2D eigenvalue weighted by molar-refractivity contribution is -0.187. The first-order chi connectivity index (χ1) is 6.47. The molecule has 0 aromatic rings. The van der Waals surface area contributed by atoms with Crippen LogP contribution in [0.1, 0.15) is 20.8 Å². The number of carbonyl (C=O) groups excluding carboxylic acids is 2. The standard InChI is InChI=1S/C9H16O5/c1-6(2)9(11)13-5-8(12-4)14-7(3)10/h6,8H,5H2,1-4H3. The Kier molecular flexibility index (Phi) is 5.87. The monoisotopic (exact) mass is 204 g/mol. The van der Waals surface area contributed by atoms with Crippen molar-refractivity contribution in [2.75, 3.05) is 13.7 Å². The second kappa shape index (κ2) is 6.37. The summed E-state index contributed by atoms with van der Waals surface area (Å²) in [5.74, 6) is -1.03. The second-order valence-corrected chi connectivity index (χ2v) is 3.06. The maximum atomic E-state index is 11.0. The summed E-state index contributed by atoms with van der Waals surface area (Å²) in [6.07, 6.45) is -0.824. The van der Waals surface area contributed by atoms with E-state index in [4.69, 9.17) is 14.2 Å². The predicted molar refractivity (Wildman–Crippen MR) is 48.4 cm³/mol. The molecule has 0 aliphatic rings. The summed E-state index contributed by atoms with van der Waals surface area (Å²) >= 11 is 0. The fraction of sp³-hybridized carbons (Fsp3) is 0.778. The van der Waals surface area contributed by atoms with Crippen LogP contribution >= 0.6 is 0 Å². The summed E-state index contributed by atoms with van der Waals surface area (Å²) in [6, 6.07) is 0.